The highest BCUT2D eigenvalue weighted by atomic mass is 32.2. The van der Waals surface area contributed by atoms with E-state index in [-0.39, 0.29) is 34.5 Å². The molecule has 1 spiro atoms. The molecule has 1 unspecified atom stereocenters. The van der Waals surface area contributed by atoms with Gasteiger partial charge in [-0.1, -0.05) is 18.2 Å². The van der Waals surface area contributed by atoms with Gasteiger partial charge in [0.15, 0.2) is 0 Å². The molecule has 6 nitrogen and oxygen atoms in total. The van der Waals surface area contributed by atoms with Gasteiger partial charge in [0.1, 0.15) is 0 Å². The third-order valence-corrected chi connectivity index (χ3v) is 11.4. The van der Waals surface area contributed by atoms with Crippen molar-refractivity contribution in [3.8, 4) is 6.07 Å². The Morgan fingerprint density at radius 1 is 1.05 bits per heavy atom. The summed E-state index contributed by atoms with van der Waals surface area (Å²) in [6.45, 7) is -0.294. The first kappa shape index (κ1) is 28.6. The highest BCUT2D eigenvalue weighted by Crippen LogP contribution is 2.59. The Balaban J connectivity index is 1.38. The van der Waals surface area contributed by atoms with Crippen molar-refractivity contribution < 1.29 is 26.4 Å². The zero-order chi connectivity index (χ0) is 29.7. The molecular weight excluding hydrogens is 583 g/mol. The van der Waals surface area contributed by atoms with Gasteiger partial charge >= 0.3 is 6.18 Å². The average Bonchev–Trinajstić information content (AvgIpc) is 3.79. The fourth-order valence-electron chi connectivity index (χ4n) is 6.48. The van der Waals surface area contributed by atoms with Gasteiger partial charge in [-0.05, 0) is 103 Å². The molecule has 3 aromatic rings. The van der Waals surface area contributed by atoms with Gasteiger partial charge in [0.25, 0.3) is 15.9 Å². The van der Waals surface area contributed by atoms with E-state index in [1.807, 2.05) is 17.8 Å². The van der Waals surface area contributed by atoms with Crippen LogP contribution in [-0.2, 0) is 28.2 Å². The molecule has 1 amide bonds. The summed E-state index contributed by atoms with van der Waals surface area (Å²) in [5.41, 5.74) is 0.692. The number of carbonyl (C=O) groups excluding carboxylic acids is 1. The van der Waals surface area contributed by atoms with E-state index >= 15 is 0 Å². The fraction of sp³-hybridized carbons (Fsp3) is 0.355. The molecule has 42 heavy (non-hydrogen) atoms. The van der Waals surface area contributed by atoms with Crippen LogP contribution in [-0.4, -0.2) is 31.9 Å². The zero-order valence-electron chi connectivity index (χ0n) is 22.5. The van der Waals surface area contributed by atoms with Crippen LogP contribution in [0.2, 0.25) is 0 Å². The normalized spacial score (nSPS) is 19.8. The van der Waals surface area contributed by atoms with Crippen molar-refractivity contribution in [1.29, 1.82) is 5.26 Å². The van der Waals surface area contributed by atoms with E-state index in [0.717, 1.165) is 48.8 Å². The average molecular weight is 612 g/mol. The predicted molar refractivity (Wildman–Crippen MR) is 155 cm³/mol. The standard InChI is InChI=1S/C31H28F3N3O3S2/c32-31(33,34)25-4-2-1-3-23(25)19-36-29(38)22-9-12-27-26(17-22)30(13-15-41-16-14-30)28(21-7-8-21)37(27)42(39,40)24-10-5-20(18-35)6-11-24/h1-6,9-12,17,21,28H,7-8,13-16,19H2,(H,36,38). The third kappa shape index (κ3) is 4.94. The van der Waals surface area contributed by atoms with Gasteiger partial charge in [0, 0.05) is 17.5 Å². The number of rotatable bonds is 6. The molecule has 11 heteroatoms. The van der Waals surface area contributed by atoms with Gasteiger partial charge in [-0.3, -0.25) is 9.10 Å². The number of hydrogen-bond donors (Lipinski definition) is 1. The number of carbonyl (C=O) groups is 1. The molecule has 2 heterocycles. The monoisotopic (exact) mass is 611 g/mol. The third-order valence-electron chi connectivity index (χ3n) is 8.61. The van der Waals surface area contributed by atoms with Crippen molar-refractivity contribution in [2.75, 3.05) is 15.8 Å². The van der Waals surface area contributed by atoms with Crippen molar-refractivity contribution in [2.45, 2.75) is 54.8 Å². The first-order valence-corrected chi connectivity index (χ1v) is 16.4. The van der Waals surface area contributed by atoms with Crippen LogP contribution in [0.5, 0.6) is 0 Å². The van der Waals surface area contributed by atoms with Crippen molar-refractivity contribution in [1.82, 2.24) is 5.32 Å². The maximum atomic E-state index is 14.2. The summed E-state index contributed by atoms with van der Waals surface area (Å²) in [5, 5.41) is 11.8. The lowest BCUT2D eigenvalue weighted by Gasteiger charge is -2.41. The minimum atomic E-state index is -4.54. The molecule has 1 saturated carbocycles. The Hall–Kier alpha value is -3.49. The van der Waals surface area contributed by atoms with E-state index in [1.165, 1.54) is 42.5 Å². The lowest BCUT2D eigenvalue weighted by Crippen LogP contribution is -2.50. The van der Waals surface area contributed by atoms with E-state index in [4.69, 9.17) is 0 Å². The number of amides is 1. The molecule has 0 radical (unpaired) electrons. The van der Waals surface area contributed by atoms with Gasteiger partial charge in [0.2, 0.25) is 0 Å². The number of nitrogens with zero attached hydrogens (tertiary/aromatic N) is 2. The smallest absolute Gasteiger partial charge is 0.348 e. The van der Waals surface area contributed by atoms with Crippen LogP contribution < -0.4 is 9.62 Å². The summed E-state index contributed by atoms with van der Waals surface area (Å²) in [5.74, 6) is 1.38. The molecule has 1 aliphatic carbocycles. The van der Waals surface area contributed by atoms with Crippen LogP contribution >= 0.6 is 11.8 Å². The summed E-state index contributed by atoms with van der Waals surface area (Å²) >= 11 is 1.82. The molecule has 0 bridgehead atoms. The summed E-state index contributed by atoms with van der Waals surface area (Å²) < 4.78 is 70.4. The second-order valence-corrected chi connectivity index (χ2v) is 14.1. The number of hydrogen-bond acceptors (Lipinski definition) is 5. The van der Waals surface area contributed by atoms with E-state index in [0.29, 0.717) is 11.3 Å². The SMILES string of the molecule is N#Cc1ccc(S(=O)(=O)N2c3ccc(C(=O)NCc4ccccc4C(F)(F)F)cc3C3(CCSCC3)C2C2CC2)cc1. The first-order valence-electron chi connectivity index (χ1n) is 13.8. The molecule has 3 aromatic carbocycles. The Kier molecular flexibility index (Phi) is 7.26. The van der Waals surface area contributed by atoms with Crippen LogP contribution in [0, 0.1) is 17.2 Å². The largest absolute Gasteiger partial charge is 0.416 e. The van der Waals surface area contributed by atoms with E-state index in [2.05, 4.69) is 5.32 Å². The topological polar surface area (TPSA) is 90.3 Å². The second kappa shape index (κ2) is 10.7. The minimum Gasteiger partial charge on any atom is -0.348 e. The van der Waals surface area contributed by atoms with Crippen molar-refractivity contribution >= 4 is 33.4 Å². The predicted octanol–water partition coefficient (Wildman–Crippen LogP) is 6.26. The number of benzene rings is 3. The number of fused-ring (bicyclic) bond motifs is 2. The number of thioether (sulfide) groups is 1. The summed E-state index contributed by atoms with van der Waals surface area (Å²) in [6, 6.07) is 17.7. The molecule has 3 aliphatic rings. The number of nitriles is 1. The Morgan fingerprint density at radius 2 is 1.74 bits per heavy atom. The minimum absolute atomic E-state index is 0.0335. The molecule has 1 N–H and O–H groups in total. The Bertz CT molecular complexity index is 1670. The molecular formula is C31H28F3N3O3S2. The maximum Gasteiger partial charge on any atom is 0.416 e. The summed E-state index contributed by atoms with van der Waals surface area (Å²) in [6.07, 6.45) is -1.19. The van der Waals surface area contributed by atoms with Crippen LogP contribution in [0.15, 0.2) is 71.6 Å². The number of alkyl halides is 3. The highest BCUT2D eigenvalue weighted by Gasteiger charge is 2.59. The van der Waals surface area contributed by atoms with E-state index in [1.54, 1.807) is 22.5 Å². The quantitative estimate of drug-likeness (QED) is 0.356. The maximum absolute atomic E-state index is 14.2. The van der Waals surface area contributed by atoms with Gasteiger partial charge < -0.3 is 5.32 Å². The number of sulfonamides is 1. The lowest BCUT2D eigenvalue weighted by atomic mass is 9.70. The Labute approximate surface area is 247 Å². The van der Waals surface area contributed by atoms with E-state index < -0.39 is 33.1 Å². The first-order chi connectivity index (χ1) is 20.1. The molecule has 2 fully saturated rings. The van der Waals surface area contributed by atoms with Gasteiger partial charge in [-0.15, -0.1) is 0 Å². The highest BCUT2D eigenvalue weighted by molar-refractivity contribution is 7.99. The molecule has 1 saturated heterocycles. The molecule has 218 valence electrons. The molecule has 2 aliphatic heterocycles. The fourth-order valence-corrected chi connectivity index (χ4v) is 9.50. The van der Waals surface area contributed by atoms with Crippen LogP contribution in [0.25, 0.3) is 0 Å². The van der Waals surface area contributed by atoms with Crippen molar-refractivity contribution in [3.63, 3.8) is 0 Å². The molecule has 0 aromatic heterocycles. The number of halogens is 3. The summed E-state index contributed by atoms with van der Waals surface area (Å²) in [4.78, 5) is 13.4. The number of anilines is 1. The van der Waals surface area contributed by atoms with Crippen molar-refractivity contribution in [3.05, 3.63) is 94.5 Å². The van der Waals surface area contributed by atoms with Gasteiger partial charge in [-0.25, -0.2) is 8.42 Å². The second-order valence-electron chi connectivity index (χ2n) is 11.1. The van der Waals surface area contributed by atoms with E-state index in [9.17, 15) is 31.6 Å². The molecule has 1 atom stereocenters. The Morgan fingerprint density at radius 3 is 2.38 bits per heavy atom. The van der Waals surface area contributed by atoms with Crippen LogP contribution in [0.4, 0.5) is 18.9 Å². The van der Waals surface area contributed by atoms with Crippen LogP contribution in [0.1, 0.15) is 58.3 Å². The summed E-state index contributed by atoms with van der Waals surface area (Å²) in [7, 11) is -3.99. The lowest BCUT2D eigenvalue weighted by molar-refractivity contribution is -0.138. The number of nitrogens with one attached hydrogen (secondary N) is 1. The van der Waals surface area contributed by atoms with Crippen molar-refractivity contribution in [2.24, 2.45) is 5.92 Å². The van der Waals surface area contributed by atoms with Crippen LogP contribution in [0.3, 0.4) is 0 Å². The van der Waals surface area contributed by atoms with Gasteiger partial charge in [-0.2, -0.15) is 30.2 Å². The molecule has 6 rings (SSSR count). The van der Waals surface area contributed by atoms with Gasteiger partial charge in [0.05, 0.1) is 33.8 Å². The zero-order valence-corrected chi connectivity index (χ0v) is 24.2.